The Kier molecular flexibility index (Phi) is 3.94. The van der Waals surface area contributed by atoms with E-state index in [-0.39, 0.29) is 30.7 Å². The summed E-state index contributed by atoms with van der Waals surface area (Å²) in [4.78, 5) is 11.7. The summed E-state index contributed by atoms with van der Waals surface area (Å²) in [5.74, 6) is -0.951. The zero-order chi connectivity index (χ0) is 13.3. The van der Waals surface area contributed by atoms with Crippen LogP contribution in [0.25, 0.3) is 0 Å². The van der Waals surface area contributed by atoms with Gasteiger partial charge in [-0.25, -0.2) is 0 Å². The number of ether oxygens (including phenoxy) is 3. The summed E-state index contributed by atoms with van der Waals surface area (Å²) in [6.45, 7) is 5.48. The summed E-state index contributed by atoms with van der Waals surface area (Å²) in [7, 11) is 0. The standard InChI is InChI=1S/C13H22O5/c1-8-6-9(14)4-5-10-11(7-12(15)16-8)18-13(2,3)17-10/h8-11,14H,4-7H2,1-3H3. The van der Waals surface area contributed by atoms with Gasteiger partial charge in [0.05, 0.1) is 24.7 Å². The van der Waals surface area contributed by atoms with E-state index < -0.39 is 11.9 Å². The van der Waals surface area contributed by atoms with Crippen LogP contribution in [0.3, 0.4) is 0 Å². The highest BCUT2D eigenvalue weighted by Gasteiger charge is 2.42. The van der Waals surface area contributed by atoms with Crippen LogP contribution in [0.2, 0.25) is 0 Å². The smallest absolute Gasteiger partial charge is 0.308 e. The van der Waals surface area contributed by atoms with E-state index in [1.165, 1.54) is 0 Å². The van der Waals surface area contributed by atoms with Gasteiger partial charge in [-0.1, -0.05) is 0 Å². The third kappa shape index (κ3) is 3.43. The molecule has 0 amide bonds. The summed E-state index contributed by atoms with van der Waals surface area (Å²) in [6, 6.07) is 0. The average molecular weight is 258 g/mol. The molecule has 5 heteroatoms. The van der Waals surface area contributed by atoms with Crippen molar-refractivity contribution in [2.45, 2.75) is 76.7 Å². The molecule has 0 radical (unpaired) electrons. The number of fused-ring (bicyclic) bond motifs is 1. The van der Waals surface area contributed by atoms with Crippen molar-refractivity contribution in [3.63, 3.8) is 0 Å². The second-order valence-electron chi connectivity index (χ2n) is 5.68. The predicted octanol–water partition coefficient (Wildman–Crippen LogP) is 1.37. The van der Waals surface area contributed by atoms with E-state index in [4.69, 9.17) is 14.2 Å². The first kappa shape index (κ1) is 13.8. The molecule has 2 aliphatic heterocycles. The molecule has 2 saturated heterocycles. The molecule has 4 unspecified atom stereocenters. The van der Waals surface area contributed by atoms with E-state index in [2.05, 4.69) is 0 Å². The lowest BCUT2D eigenvalue weighted by Crippen LogP contribution is -2.32. The van der Waals surface area contributed by atoms with Crippen molar-refractivity contribution in [1.29, 1.82) is 0 Å². The molecule has 0 saturated carbocycles. The van der Waals surface area contributed by atoms with Crippen LogP contribution in [0.1, 0.15) is 46.5 Å². The molecule has 0 aromatic carbocycles. The van der Waals surface area contributed by atoms with Crippen LogP contribution in [-0.4, -0.2) is 41.3 Å². The second-order valence-corrected chi connectivity index (χ2v) is 5.68. The SMILES string of the molecule is CC1CC(O)CCC2OC(C)(C)OC2CC(=O)O1. The number of carbonyl (C=O) groups excluding carboxylic acids is 1. The third-order valence-corrected chi connectivity index (χ3v) is 3.37. The van der Waals surface area contributed by atoms with Gasteiger partial charge < -0.3 is 19.3 Å². The number of carbonyl (C=O) groups is 1. The highest BCUT2D eigenvalue weighted by atomic mass is 16.8. The van der Waals surface area contributed by atoms with Crippen LogP contribution >= 0.6 is 0 Å². The number of aliphatic hydroxyl groups excluding tert-OH is 1. The van der Waals surface area contributed by atoms with Crippen molar-refractivity contribution in [3.8, 4) is 0 Å². The molecule has 0 aromatic heterocycles. The second kappa shape index (κ2) is 5.15. The molecule has 18 heavy (non-hydrogen) atoms. The Morgan fingerprint density at radius 3 is 2.61 bits per heavy atom. The molecule has 4 atom stereocenters. The van der Waals surface area contributed by atoms with Gasteiger partial charge in [-0.15, -0.1) is 0 Å². The number of rotatable bonds is 0. The van der Waals surface area contributed by atoms with Crippen molar-refractivity contribution in [3.05, 3.63) is 0 Å². The summed E-state index contributed by atoms with van der Waals surface area (Å²) in [5, 5.41) is 9.85. The van der Waals surface area contributed by atoms with Crippen molar-refractivity contribution >= 4 is 5.97 Å². The van der Waals surface area contributed by atoms with E-state index in [1.807, 2.05) is 13.8 Å². The molecular weight excluding hydrogens is 236 g/mol. The number of aliphatic hydroxyl groups is 1. The van der Waals surface area contributed by atoms with Gasteiger partial charge in [0.1, 0.15) is 6.10 Å². The number of hydrogen-bond donors (Lipinski definition) is 1. The predicted molar refractivity (Wildman–Crippen MR) is 63.9 cm³/mol. The van der Waals surface area contributed by atoms with Crippen LogP contribution in [-0.2, 0) is 19.0 Å². The molecule has 0 bridgehead atoms. The molecule has 104 valence electrons. The molecule has 2 aliphatic rings. The maximum absolute atomic E-state index is 11.7. The van der Waals surface area contributed by atoms with E-state index in [9.17, 15) is 9.90 Å². The van der Waals surface area contributed by atoms with Crippen molar-refractivity contribution in [2.24, 2.45) is 0 Å². The minimum absolute atomic E-state index is 0.143. The molecule has 2 rings (SSSR count). The monoisotopic (exact) mass is 258 g/mol. The fraction of sp³-hybridized carbons (Fsp3) is 0.923. The topological polar surface area (TPSA) is 65.0 Å². The quantitative estimate of drug-likeness (QED) is 0.665. The normalized spacial score (nSPS) is 41.0. The summed E-state index contributed by atoms with van der Waals surface area (Å²) in [6.07, 6.45) is 0.915. The maximum Gasteiger partial charge on any atom is 0.308 e. The zero-order valence-corrected chi connectivity index (χ0v) is 11.2. The first-order valence-corrected chi connectivity index (χ1v) is 6.59. The third-order valence-electron chi connectivity index (χ3n) is 3.37. The van der Waals surface area contributed by atoms with Crippen molar-refractivity contribution < 1.29 is 24.1 Å². The first-order chi connectivity index (χ1) is 8.35. The Labute approximate surface area is 107 Å². The minimum Gasteiger partial charge on any atom is -0.462 e. The number of cyclic esters (lactones) is 1. The Bertz CT molecular complexity index is 315. The number of esters is 1. The van der Waals surface area contributed by atoms with Gasteiger partial charge in [0.25, 0.3) is 0 Å². The Morgan fingerprint density at radius 1 is 1.22 bits per heavy atom. The van der Waals surface area contributed by atoms with Gasteiger partial charge in [-0.2, -0.15) is 0 Å². The maximum atomic E-state index is 11.7. The Morgan fingerprint density at radius 2 is 1.89 bits per heavy atom. The van der Waals surface area contributed by atoms with Gasteiger partial charge >= 0.3 is 5.97 Å². The van der Waals surface area contributed by atoms with Crippen molar-refractivity contribution in [2.75, 3.05) is 0 Å². The fourth-order valence-electron chi connectivity index (χ4n) is 2.67. The molecule has 0 aliphatic carbocycles. The van der Waals surface area contributed by atoms with E-state index in [1.54, 1.807) is 6.92 Å². The molecule has 2 heterocycles. The minimum atomic E-state index is -0.666. The molecule has 2 fully saturated rings. The van der Waals surface area contributed by atoms with Gasteiger partial charge in [-0.05, 0) is 33.6 Å². The lowest BCUT2D eigenvalue weighted by molar-refractivity contribution is -0.158. The van der Waals surface area contributed by atoms with E-state index in [0.717, 1.165) is 0 Å². The Hall–Kier alpha value is -0.650. The molecule has 5 nitrogen and oxygen atoms in total. The van der Waals surface area contributed by atoms with Gasteiger partial charge in [0, 0.05) is 6.42 Å². The lowest BCUT2D eigenvalue weighted by atomic mass is 10.00. The summed E-state index contributed by atoms with van der Waals surface area (Å²) < 4.78 is 16.7. The Balaban J connectivity index is 2.07. The van der Waals surface area contributed by atoms with Crippen LogP contribution < -0.4 is 0 Å². The van der Waals surface area contributed by atoms with Crippen molar-refractivity contribution in [1.82, 2.24) is 0 Å². The van der Waals surface area contributed by atoms with Gasteiger partial charge in [0.2, 0.25) is 0 Å². The summed E-state index contributed by atoms with van der Waals surface area (Å²) in [5.41, 5.74) is 0. The van der Waals surface area contributed by atoms with Gasteiger partial charge in [0.15, 0.2) is 5.79 Å². The van der Waals surface area contributed by atoms with Crippen LogP contribution in [0.5, 0.6) is 0 Å². The molecule has 0 aromatic rings. The van der Waals surface area contributed by atoms with Crippen LogP contribution in [0.4, 0.5) is 0 Å². The van der Waals surface area contributed by atoms with E-state index >= 15 is 0 Å². The highest BCUT2D eigenvalue weighted by Crippen LogP contribution is 2.33. The van der Waals surface area contributed by atoms with Gasteiger partial charge in [-0.3, -0.25) is 4.79 Å². The fourth-order valence-corrected chi connectivity index (χ4v) is 2.67. The molecule has 1 N–H and O–H groups in total. The first-order valence-electron chi connectivity index (χ1n) is 6.59. The summed E-state index contributed by atoms with van der Waals surface area (Å²) >= 11 is 0. The zero-order valence-electron chi connectivity index (χ0n) is 11.2. The number of hydrogen-bond acceptors (Lipinski definition) is 5. The average Bonchev–Trinajstić information content (AvgIpc) is 2.48. The highest BCUT2D eigenvalue weighted by molar-refractivity contribution is 5.70. The van der Waals surface area contributed by atoms with E-state index in [0.29, 0.717) is 19.3 Å². The molecule has 0 spiro atoms. The van der Waals surface area contributed by atoms with Crippen LogP contribution in [0, 0.1) is 0 Å². The molecular formula is C13H22O5. The lowest BCUT2D eigenvalue weighted by Gasteiger charge is -2.23. The van der Waals surface area contributed by atoms with Crippen LogP contribution in [0.15, 0.2) is 0 Å². The largest absolute Gasteiger partial charge is 0.462 e.